The van der Waals surface area contributed by atoms with Crippen LogP contribution in [0, 0.1) is 12.8 Å². The van der Waals surface area contributed by atoms with E-state index in [0.29, 0.717) is 23.7 Å². The van der Waals surface area contributed by atoms with Crippen LogP contribution >= 0.6 is 0 Å². The second-order valence-electron chi connectivity index (χ2n) is 5.11. The highest BCUT2D eigenvalue weighted by molar-refractivity contribution is 5.95. The van der Waals surface area contributed by atoms with Gasteiger partial charge >= 0.3 is 0 Å². The Balaban J connectivity index is 1.89. The number of rotatable bonds is 3. The van der Waals surface area contributed by atoms with Crippen LogP contribution in [0.1, 0.15) is 35.2 Å². The van der Waals surface area contributed by atoms with Gasteiger partial charge in [-0.15, -0.1) is 0 Å². The number of aliphatic hydroxyl groups excluding tert-OH is 1. The highest BCUT2D eigenvalue weighted by atomic mass is 16.3. The van der Waals surface area contributed by atoms with Crippen LogP contribution in [0.2, 0.25) is 0 Å². The first-order valence-corrected chi connectivity index (χ1v) is 6.38. The number of amides is 1. The molecule has 0 aliphatic heterocycles. The van der Waals surface area contributed by atoms with Crippen molar-refractivity contribution >= 4 is 11.6 Å². The van der Waals surface area contributed by atoms with E-state index in [-0.39, 0.29) is 12.0 Å². The zero-order chi connectivity index (χ0) is 13.1. The van der Waals surface area contributed by atoms with Crippen LogP contribution in [0.5, 0.6) is 0 Å². The van der Waals surface area contributed by atoms with Gasteiger partial charge in [-0.3, -0.25) is 4.79 Å². The van der Waals surface area contributed by atoms with Gasteiger partial charge in [0, 0.05) is 17.8 Å². The van der Waals surface area contributed by atoms with Gasteiger partial charge in [0.05, 0.1) is 6.10 Å². The highest BCUT2D eigenvalue weighted by Crippen LogP contribution is 2.24. The van der Waals surface area contributed by atoms with E-state index in [1.807, 2.05) is 13.0 Å². The molecule has 0 bridgehead atoms. The minimum Gasteiger partial charge on any atom is -0.398 e. The normalized spacial score (nSPS) is 23.0. The molecule has 98 valence electrons. The van der Waals surface area contributed by atoms with Crippen molar-refractivity contribution in [3.63, 3.8) is 0 Å². The van der Waals surface area contributed by atoms with Gasteiger partial charge in [-0.05, 0) is 49.8 Å². The molecule has 1 amide bonds. The fourth-order valence-corrected chi connectivity index (χ4v) is 2.35. The standard InChI is InChI=1S/C14H20N2O2/c1-9-2-4-11(7-13(9)15)14(18)16-8-10-3-5-12(17)6-10/h2,4,7,10,12,17H,3,5-6,8,15H2,1H3,(H,16,18). The lowest BCUT2D eigenvalue weighted by Crippen LogP contribution is -2.28. The largest absolute Gasteiger partial charge is 0.398 e. The predicted octanol–water partition coefficient (Wildman–Crippen LogP) is 1.47. The van der Waals surface area contributed by atoms with Crippen LogP contribution in [-0.4, -0.2) is 23.7 Å². The van der Waals surface area contributed by atoms with Crippen molar-refractivity contribution in [2.45, 2.75) is 32.3 Å². The monoisotopic (exact) mass is 248 g/mol. The lowest BCUT2D eigenvalue weighted by atomic mass is 10.1. The molecule has 2 rings (SSSR count). The Morgan fingerprint density at radius 2 is 2.28 bits per heavy atom. The van der Waals surface area contributed by atoms with Gasteiger partial charge in [0.15, 0.2) is 0 Å². The van der Waals surface area contributed by atoms with Gasteiger partial charge in [-0.25, -0.2) is 0 Å². The number of nitrogens with two attached hydrogens (primary N) is 1. The molecule has 0 saturated heterocycles. The Bertz CT molecular complexity index is 445. The van der Waals surface area contributed by atoms with E-state index in [0.717, 1.165) is 24.8 Å². The summed E-state index contributed by atoms with van der Waals surface area (Å²) < 4.78 is 0. The van der Waals surface area contributed by atoms with E-state index in [2.05, 4.69) is 5.32 Å². The molecule has 1 aliphatic carbocycles. The van der Waals surface area contributed by atoms with Crippen LogP contribution in [0.25, 0.3) is 0 Å². The number of anilines is 1. The molecule has 1 aromatic carbocycles. The number of hydrogen-bond donors (Lipinski definition) is 3. The maximum Gasteiger partial charge on any atom is 0.251 e. The third-order valence-electron chi connectivity index (χ3n) is 3.61. The number of aliphatic hydroxyl groups is 1. The molecule has 1 saturated carbocycles. The Hall–Kier alpha value is -1.55. The molecule has 4 heteroatoms. The summed E-state index contributed by atoms with van der Waals surface area (Å²) in [5, 5.41) is 12.3. The summed E-state index contributed by atoms with van der Waals surface area (Å²) in [6, 6.07) is 5.34. The maximum atomic E-state index is 11.9. The number of carbonyl (C=O) groups excluding carboxylic acids is 1. The summed E-state index contributed by atoms with van der Waals surface area (Å²) in [7, 11) is 0. The summed E-state index contributed by atoms with van der Waals surface area (Å²) in [5.74, 6) is 0.301. The zero-order valence-corrected chi connectivity index (χ0v) is 10.6. The Morgan fingerprint density at radius 1 is 1.50 bits per heavy atom. The minimum atomic E-state index is -0.193. The van der Waals surface area contributed by atoms with E-state index in [9.17, 15) is 9.90 Å². The first kappa shape index (κ1) is 12.9. The number of hydrogen-bond acceptors (Lipinski definition) is 3. The van der Waals surface area contributed by atoms with Gasteiger partial charge in [0.2, 0.25) is 0 Å². The summed E-state index contributed by atoms with van der Waals surface area (Å²) in [4.78, 5) is 11.9. The molecule has 0 aromatic heterocycles. The average Bonchev–Trinajstić information content (AvgIpc) is 2.75. The lowest BCUT2D eigenvalue weighted by Gasteiger charge is -2.11. The fraction of sp³-hybridized carbons (Fsp3) is 0.500. The molecule has 18 heavy (non-hydrogen) atoms. The zero-order valence-electron chi connectivity index (χ0n) is 10.6. The van der Waals surface area contributed by atoms with Crippen molar-refractivity contribution < 1.29 is 9.90 Å². The van der Waals surface area contributed by atoms with Crippen LogP contribution in [-0.2, 0) is 0 Å². The molecule has 2 unspecified atom stereocenters. The molecular formula is C14H20N2O2. The van der Waals surface area contributed by atoms with E-state index in [4.69, 9.17) is 5.73 Å². The molecule has 1 aliphatic rings. The third-order valence-corrected chi connectivity index (χ3v) is 3.61. The molecule has 4 nitrogen and oxygen atoms in total. The van der Waals surface area contributed by atoms with E-state index >= 15 is 0 Å². The summed E-state index contributed by atoms with van der Waals surface area (Å²) >= 11 is 0. The van der Waals surface area contributed by atoms with E-state index in [1.54, 1.807) is 12.1 Å². The molecule has 0 heterocycles. The molecule has 0 spiro atoms. The molecule has 1 fully saturated rings. The van der Waals surface area contributed by atoms with E-state index < -0.39 is 0 Å². The van der Waals surface area contributed by atoms with Gasteiger partial charge in [-0.2, -0.15) is 0 Å². The second-order valence-corrected chi connectivity index (χ2v) is 5.11. The average molecular weight is 248 g/mol. The van der Waals surface area contributed by atoms with Gasteiger partial charge in [-0.1, -0.05) is 6.07 Å². The summed E-state index contributed by atoms with van der Waals surface area (Å²) in [6.07, 6.45) is 2.42. The van der Waals surface area contributed by atoms with Crippen LogP contribution in [0.3, 0.4) is 0 Å². The fourth-order valence-electron chi connectivity index (χ4n) is 2.35. The number of nitrogens with one attached hydrogen (secondary N) is 1. The van der Waals surface area contributed by atoms with Crippen molar-refractivity contribution in [3.05, 3.63) is 29.3 Å². The van der Waals surface area contributed by atoms with Crippen molar-refractivity contribution in [1.29, 1.82) is 0 Å². The van der Waals surface area contributed by atoms with Gasteiger partial charge in [0.25, 0.3) is 5.91 Å². The first-order valence-electron chi connectivity index (χ1n) is 6.38. The van der Waals surface area contributed by atoms with Crippen LogP contribution < -0.4 is 11.1 Å². The summed E-state index contributed by atoms with van der Waals surface area (Å²) in [5.41, 5.74) is 7.99. The minimum absolute atomic E-state index is 0.0944. The summed E-state index contributed by atoms with van der Waals surface area (Å²) in [6.45, 7) is 2.54. The first-order chi connectivity index (χ1) is 8.56. The smallest absolute Gasteiger partial charge is 0.251 e. The third kappa shape index (κ3) is 3.01. The molecular weight excluding hydrogens is 228 g/mol. The Labute approximate surface area is 107 Å². The van der Waals surface area contributed by atoms with Gasteiger partial charge in [0.1, 0.15) is 0 Å². The molecule has 2 atom stereocenters. The number of benzene rings is 1. The second kappa shape index (κ2) is 5.40. The lowest BCUT2D eigenvalue weighted by molar-refractivity contribution is 0.0945. The van der Waals surface area contributed by atoms with Crippen LogP contribution in [0.4, 0.5) is 5.69 Å². The maximum absolute atomic E-state index is 11.9. The molecule has 4 N–H and O–H groups in total. The number of nitrogen functional groups attached to an aromatic ring is 1. The number of aryl methyl sites for hydroxylation is 1. The topological polar surface area (TPSA) is 75.3 Å². The molecule has 0 radical (unpaired) electrons. The van der Waals surface area contributed by atoms with Crippen molar-refractivity contribution in [2.75, 3.05) is 12.3 Å². The van der Waals surface area contributed by atoms with Crippen molar-refractivity contribution in [1.82, 2.24) is 5.32 Å². The van der Waals surface area contributed by atoms with Crippen molar-refractivity contribution in [3.8, 4) is 0 Å². The SMILES string of the molecule is Cc1ccc(C(=O)NCC2CCC(O)C2)cc1N. The van der Waals surface area contributed by atoms with E-state index in [1.165, 1.54) is 0 Å². The van der Waals surface area contributed by atoms with Crippen LogP contribution in [0.15, 0.2) is 18.2 Å². The van der Waals surface area contributed by atoms with Gasteiger partial charge < -0.3 is 16.2 Å². The molecule has 1 aromatic rings. The quantitative estimate of drug-likeness (QED) is 0.709. The Kier molecular flexibility index (Phi) is 3.87. The highest BCUT2D eigenvalue weighted by Gasteiger charge is 2.23. The Morgan fingerprint density at radius 3 is 2.89 bits per heavy atom. The predicted molar refractivity (Wildman–Crippen MR) is 71.3 cm³/mol. The number of carbonyl (C=O) groups is 1. The van der Waals surface area contributed by atoms with Crippen molar-refractivity contribution in [2.24, 2.45) is 5.92 Å².